The van der Waals surface area contributed by atoms with E-state index in [0.717, 1.165) is 12.1 Å². The second-order valence-corrected chi connectivity index (χ2v) is 3.37. The highest BCUT2D eigenvalue weighted by atomic mass is 35.5. The van der Waals surface area contributed by atoms with Crippen molar-refractivity contribution < 1.29 is 13.2 Å². The van der Waals surface area contributed by atoms with Gasteiger partial charge in [0.25, 0.3) is 5.56 Å². The van der Waals surface area contributed by atoms with Gasteiger partial charge >= 0.3 is 6.18 Å². The van der Waals surface area contributed by atoms with Gasteiger partial charge in [-0.3, -0.25) is 4.79 Å². The van der Waals surface area contributed by atoms with E-state index in [4.69, 9.17) is 0 Å². The third-order valence-electron chi connectivity index (χ3n) is 2.22. The van der Waals surface area contributed by atoms with Crippen LogP contribution in [-0.4, -0.2) is 9.97 Å². The molecule has 1 aromatic heterocycles. The first-order valence-corrected chi connectivity index (χ1v) is 4.69. The Kier molecular flexibility index (Phi) is 4.13. The van der Waals surface area contributed by atoms with Gasteiger partial charge in [-0.05, 0) is 17.7 Å². The highest BCUT2D eigenvalue weighted by Gasteiger charge is 2.30. The van der Waals surface area contributed by atoms with Crippen LogP contribution in [-0.2, 0) is 6.18 Å². The molecule has 1 aromatic carbocycles. The van der Waals surface area contributed by atoms with Gasteiger partial charge < -0.3 is 4.98 Å². The maximum absolute atomic E-state index is 12.5. The Labute approximate surface area is 106 Å². The largest absolute Gasteiger partial charge is 0.416 e. The molecule has 0 aliphatic heterocycles. The van der Waals surface area contributed by atoms with Crippen LogP contribution < -0.4 is 5.56 Å². The number of benzene rings is 1. The van der Waals surface area contributed by atoms with E-state index in [1.807, 2.05) is 0 Å². The molecule has 0 bridgehead atoms. The number of halogens is 4. The molecule has 96 valence electrons. The summed E-state index contributed by atoms with van der Waals surface area (Å²) < 4.78 is 37.4. The number of nitrogens with zero attached hydrogens (tertiary/aromatic N) is 1. The fourth-order valence-corrected chi connectivity index (χ4v) is 1.41. The van der Waals surface area contributed by atoms with Crippen molar-refractivity contribution in [3.8, 4) is 11.1 Å². The molecule has 0 aliphatic rings. The number of rotatable bonds is 1. The molecule has 0 amide bonds. The van der Waals surface area contributed by atoms with Gasteiger partial charge in [-0.15, -0.1) is 12.4 Å². The number of hydrogen-bond donors (Lipinski definition) is 1. The highest BCUT2D eigenvalue weighted by molar-refractivity contribution is 5.85. The Hall–Kier alpha value is -1.82. The maximum Gasteiger partial charge on any atom is 0.416 e. The van der Waals surface area contributed by atoms with Gasteiger partial charge in [0, 0.05) is 6.20 Å². The minimum Gasteiger partial charge on any atom is -0.313 e. The average molecular weight is 277 g/mol. The lowest BCUT2D eigenvalue weighted by Gasteiger charge is -2.07. The smallest absolute Gasteiger partial charge is 0.313 e. The number of aromatic amines is 1. The third kappa shape index (κ3) is 2.89. The fourth-order valence-electron chi connectivity index (χ4n) is 1.41. The van der Waals surface area contributed by atoms with Crippen LogP contribution in [0, 0.1) is 0 Å². The van der Waals surface area contributed by atoms with Gasteiger partial charge in [0.05, 0.1) is 17.5 Å². The van der Waals surface area contributed by atoms with Crippen molar-refractivity contribution in [2.45, 2.75) is 6.18 Å². The molecule has 0 radical (unpaired) electrons. The standard InChI is InChI=1S/C11H7F3N2O.ClH/c12-11(13,14)8-3-1-2-7(4-8)9-5-15-6-16-10(9)17;/h1-6H,(H,15,16,17);1H. The first-order chi connectivity index (χ1) is 7.98. The zero-order valence-electron chi connectivity index (χ0n) is 8.86. The van der Waals surface area contributed by atoms with Crippen molar-refractivity contribution >= 4 is 12.4 Å². The van der Waals surface area contributed by atoms with Gasteiger partial charge in [-0.2, -0.15) is 13.2 Å². The number of alkyl halides is 3. The van der Waals surface area contributed by atoms with Crippen LogP contribution in [0.25, 0.3) is 11.1 Å². The van der Waals surface area contributed by atoms with E-state index in [1.165, 1.54) is 24.7 Å². The van der Waals surface area contributed by atoms with E-state index in [-0.39, 0.29) is 23.5 Å². The second-order valence-electron chi connectivity index (χ2n) is 3.37. The summed E-state index contributed by atoms with van der Waals surface area (Å²) in [7, 11) is 0. The van der Waals surface area contributed by atoms with Gasteiger partial charge in [0.1, 0.15) is 0 Å². The Balaban J connectivity index is 0.00000162. The molecular formula is C11H8ClF3N2O. The minimum atomic E-state index is -4.43. The first kappa shape index (κ1) is 14.2. The van der Waals surface area contributed by atoms with Crippen molar-refractivity contribution in [2.75, 3.05) is 0 Å². The summed E-state index contributed by atoms with van der Waals surface area (Å²) in [5.74, 6) is 0. The van der Waals surface area contributed by atoms with E-state index >= 15 is 0 Å². The van der Waals surface area contributed by atoms with Crippen LogP contribution in [0.1, 0.15) is 5.56 Å². The lowest BCUT2D eigenvalue weighted by Crippen LogP contribution is -2.10. The summed E-state index contributed by atoms with van der Waals surface area (Å²) in [6.45, 7) is 0. The summed E-state index contributed by atoms with van der Waals surface area (Å²) in [6, 6.07) is 4.56. The minimum absolute atomic E-state index is 0. The predicted molar refractivity (Wildman–Crippen MR) is 62.5 cm³/mol. The zero-order valence-corrected chi connectivity index (χ0v) is 9.68. The molecule has 18 heavy (non-hydrogen) atoms. The summed E-state index contributed by atoms with van der Waals surface area (Å²) in [5, 5.41) is 0. The van der Waals surface area contributed by atoms with E-state index < -0.39 is 17.3 Å². The van der Waals surface area contributed by atoms with E-state index in [0.29, 0.717) is 0 Å². The van der Waals surface area contributed by atoms with E-state index in [2.05, 4.69) is 9.97 Å². The quantitative estimate of drug-likeness (QED) is 0.870. The molecule has 0 unspecified atom stereocenters. The molecule has 0 fully saturated rings. The van der Waals surface area contributed by atoms with Crippen molar-refractivity contribution in [1.29, 1.82) is 0 Å². The molecule has 7 heteroatoms. The summed E-state index contributed by atoms with van der Waals surface area (Å²) in [5.41, 5.74) is -0.967. The Bertz CT molecular complexity index is 595. The topological polar surface area (TPSA) is 45.8 Å². The number of aromatic nitrogens is 2. The van der Waals surface area contributed by atoms with Crippen LogP contribution in [0.5, 0.6) is 0 Å². The summed E-state index contributed by atoms with van der Waals surface area (Å²) in [4.78, 5) is 17.4. The van der Waals surface area contributed by atoms with E-state index in [1.54, 1.807) is 0 Å². The molecule has 3 nitrogen and oxygen atoms in total. The van der Waals surface area contributed by atoms with Crippen LogP contribution >= 0.6 is 12.4 Å². The molecule has 0 saturated carbocycles. The number of nitrogens with one attached hydrogen (secondary N) is 1. The molecular weight excluding hydrogens is 269 g/mol. The van der Waals surface area contributed by atoms with Crippen LogP contribution in [0.3, 0.4) is 0 Å². The first-order valence-electron chi connectivity index (χ1n) is 4.69. The van der Waals surface area contributed by atoms with Gasteiger partial charge in [0.15, 0.2) is 0 Å². The van der Waals surface area contributed by atoms with Crippen molar-refractivity contribution in [3.05, 3.63) is 52.7 Å². The highest BCUT2D eigenvalue weighted by Crippen LogP contribution is 2.31. The van der Waals surface area contributed by atoms with Crippen LogP contribution in [0.2, 0.25) is 0 Å². The molecule has 1 N–H and O–H groups in total. The van der Waals surface area contributed by atoms with Crippen molar-refractivity contribution in [3.63, 3.8) is 0 Å². The fraction of sp³-hybridized carbons (Fsp3) is 0.0909. The van der Waals surface area contributed by atoms with Gasteiger partial charge in [-0.25, -0.2) is 4.98 Å². The number of H-pyrrole nitrogens is 1. The molecule has 0 saturated heterocycles. The lowest BCUT2D eigenvalue weighted by molar-refractivity contribution is -0.137. The Morgan fingerprint density at radius 1 is 1.22 bits per heavy atom. The van der Waals surface area contributed by atoms with Gasteiger partial charge in [0.2, 0.25) is 0 Å². The predicted octanol–water partition coefficient (Wildman–Crippen LogP) is 2.88. The zero-order chi connectivity index (χ0) is 12.5. The lowest BCUT2D eigenvalue weighted by atomic mass is 10.1. The van der Waals surface area contributed by atoms with Crippen molar-refractivity contribution in [1.82, 2.24) is 9.97 Å². The molecule has 0 atom stereocenters. The maximum atomic E-state index is 12.5. The molecule has 2 rings (SSSR count). The second kappa shape index (κ2) is 5.22. The summed E-state index contributed by atoms with van der Waals surface area (Å²) >= 11 is 0. The third-order valence-corrected chi connectivity index (χ3v) is 2.22. The molecule has 0 spiro atoms. The van der Waals surface area contributed by atoms with Crippen LogP contribution in [0.4, 0.5) is 13.2 Å². The monoisotopic (exact) mass is 276 g/mol. The van der Waals surface area contributed by atoms with Gasteiger partial charge in [-0.1, -0.05) is 12.1 Å². The Morgan fingerprint density at radius 3 is 2.56 bits per heavy atom. The normalized spacial score (nSPS) is 10.8. The van der Waals surface area contributed by atoms with E-state index in [9.17, 15) is 18.0 Å². The number of hydrogen-bond acceptors (Lipinski definition) is 2. The van der Waals surface area contributed by atoms with Crippen molar-refractivity contribution in [2.24, 2.45) is 0 Å². The Morgan fingerprint density at radius 2 is 1.94 bits per heavy atom. The average Bonchev–Trinajstić information content (AvgIpc) is 2.29. The summed E-state index contributed by atoms with van der Waals surface area (Å²) in [6.07, 6.45) is -2.02. The molecule has 1 heterocycles. The van der Waals surface area contributed by atoms with Crippen LogP contribution in [0.15, 0.2) is 41.6 Å². The molecule has 0 aliphatic carbocycles. The molecule has 2 aromatic rings. The SMILES string of the molecule is Cl.O=c1[nH]cncc1-c1cccc(C(F)(F)F)c1.